The van der Waals surface area contributed by atoms with E-state index in [4.69, 9.17) is 21.1 Å². The van der Waals surface area contributed by atoms with E-state index in [1.54, 1.807) is 48.9 Å². The van der Waals surface area contributed by atoms with E-state index in [0.717, 1.165) is 17.8 Å². The van der Waals surface area contributed by atoms with Crippen LogP contribution in [-0.4, -0.2) is 61.2 Å². The van der Waals surface area contributed by atoms with Crippen molar-refractivity contribution in [2.45, 2.75) is 87.7 Å². The molecule has 3 aromatic rings. The lowest BCUT2D eigenvalue weighted by Gasteiger charge is -2.71. The number of halogens is 2. The van der Waals surface area contributed by atoms with Crippen LogP contribution in [0.3, 0.4) is 0 Å². The molecule has 2 spiro atoms. The van der Waals surface area contributed by atoms with Crippen LogP contribution in [0.15, 0.2) is 81.9 Å². The average molecular weight is 810 g/mol. The van der Waals surface area contributed by atoms with Crippen LogP contribution in [0.5, 0.6) is 11.5 Å². The van der Waals surface area contributed by atoms with Crippen LogP contribution in [0.4, 0.5) is 4.39 Å². The van der Waals surface area contributed by atoms with Crippen molar-refractivity contribution >= 4 is 38.7 Å². The van der Waals surface area contributed by atoms with Crippen molar-refractivity contribution in [1.82, 2.24) is 4.31 Å². The topological polar surface area (TPSA) is 113 Å². The third-order valence-electron chi connectivity index (χ3n) is 14.8. The number of allylic oxidation sites excluding steroid dienone is 4. The summed E-state index contributed by atoms with van der Waals surface area (Å²) in [5.74, 6) is 0.0913. The average Bonchev–Trinajstić information content (AvgIpc) is 3.80. The molecular weight excluding hydrogens is 761 g/mol. The van der Waals surface area contributed by atoms with Gasteiger partial charge in [0.25, 0.3) is 10.0 Å². The first-order valence-corrected chi connectivity index (χ1v) is 21.8. The number of carbonyl (C=O) groups excluding carboxylic acids is 1. The number of nitrogens with zero attached hydrogens (tertiary/aromatic N) is 1. The second-order valence-corrected chi connectivity index (χ2v) is 20.5. The second-order valence-electron chi connectivity index (χ2n) is 17.0. The number of aliphatic hydroxyl groups excluding tert-OH is 1. The van der Waals surface area contributed by atoms with Gasteiger partial charge in [-0.25, -0.2) is 12.8 Å². The van der Waals surface area contributed by atoms with E-state index < -0.39 is 43.8 Å². The number of ketones is 1. The number of aliphatic hydroxyl groups is 2. The predicted octanol–water partition coefficient (Wildman–Crippen LogP) is 8.15. The van der Waals surface area contributed by atoms with E-state index in [-0.39, 0.29) is 57.3 Å². The van der Waals surface area contributed by atoms with Crippen LogP contribution >= 0.6 is 22.9 Å². The highest BCUT2D eigenvalue weighted by Gasteiger charge is 2.74. The maximum atomic E-state index is 15.2. The molecule has 2 aromatic carbocycles. The minimum absolute atomic E-state index is 0.0208. The molecule has 1 aromatic heterocycles. The number of Topliss-reactive ketones (excluding diaryl/α,β-unsaturated/α-hetero) is 1. The quantitative estimate of drug-likeness (QED) is 0.188. The fourth-order valence-electron chi connectivity index (χ4n) is 11.8. The Morgan fingerprint density at radius 1 is 1.00 bits per heavy atom. The maximum Gasteiger partial charge on any atom is 0.252 e. The second kappa shape index (κ2) is 13.5. The first kappa shape index (κ1) is 38.8. The lowest BCUT2D eigenvalue weighted by atomic mass is 9.32. The summed E-state index contributed by atoms with van der Waals surface area (Å²) in [4.78, 5) is 14.8. The molecule has 8 nitrogen and oxygen atoms in total. The number of rotatable bonds is 11. The molecule has 55 heavy (non-hydrogen) atoms. The molecule has 1 heterocycles. The predicted molar refractivity (Wildman–Crippen MR) is 210 cm³/mol. The van der Waals surface area contributed by atoms with Gasteiger partial charge in [0, 0.05) is 63.5 Å². The normalized spacial score (nSPS) is 34.9. The van der Waals surface area contributed by atoms with Crippen molar-refractivity contribution in [1.29, 1.82) is 0 Å². The van der Waals surface area contributed by atoms with Crippen molar-refractivity contribution in [2.24, 2.45) is 33.5 Å². The van der Waals surface area contributed by atoms with Gasteiger partial charge in [0.05, 0.1) is 25.9 Å². The number of sulfonamides is 1. The molecule has 3 fully saturated rings. The summed E-state index contributed by atoms with van der Waals surface area (Å²) in [6, 6.07) is 13.0. The Bertz CT molecular complexity index is 2170. The summed E-state index contributed by atoms with van der Waals surface area (Å²) in [5, 5.41) is 26.1. The van der Waals surface area contributed by atoms with Gasteiger partial charge in [-0.05, 0) is 91.8 Å². The molecule has 1 unspecified atom stereocenters. The Morgan fingerprint density at radius 2 is 1.75 bits per heavy atom. The van der Waals surface area contributed by atoms with E-state index in [1.165, 1.54) is 23.5 Å². The van der Waals surface area contributed by atoms with Crippen molar-refractivity contribution < 1.29 is 37.3 Å². The molecule has 12 heteroatoms. The number of thiophene rings is 1. The molecular formula is C43H49ClFNO7S2. The molecule has 2 bridgehead atoms. The van der Waals surface area contributed by atoms with Crippen LogP contribution in [0.1, 0.15) is 69.9 Å². The molecule has 6 aliphatic rings. The van der Waals surface area contributed by atoms with E-state index in [9.17, 15) is 23.4 Å². The van der Waals surface area contributed by atoms with Gasteiger partial charge >= 0.3 is 0 Å². The minimum atomic E-state index is -4.07. The largest absolute Gasteiger partial charge is 0.497 e. The molecule has 6 aliphatic carbocycles. The maximum absolute atomic E-state index is 15.2. The summed E-state index contributed by atoms with van der Waals surface area (Å²) >= 11 is 7.61. The van der Waals surface area contributed by atoms with Crippen LogP contribution in [-0.2, 0) is 27.8 Å². The summed E-state index contributed by atoms with van der Waals surface area (Å²) in [6.45, 7) is 4.17. The van der Waals surface area contributed by atoms with Crippen molar-refractivity contribution in [3.8, 4) is 11.5 Å². The van der Waals surface area contributed by atoms with Gasteiger partial charge in [-0.3, -0.25) is 4.79 Å². The van der Waals surface area contributed by atoms with Crippen LogP contribution in [0.25, 0.3) is 0 Å². The third kappa shape index (κ3) is 5.65. The molecule has 0 saturated heterocycles. The first-order chi connectivity index (χ1) is 26.1. The van der Waals surface area contributed by atoms with Gasteiger partial charge < -0.3 is 19.7 Å². The zero-order chi connectivity index (χ0) is 39.2. The zero-order valence-electron chi connectivity index (χ0n) is 31.7. The molecule has 294 valence electrons. The number of benzene rings is 2. The summed E-state index contributed by atoms with van der Waals surface area (Å²) in [5.41, 5.74) is -2.48. The van der Waals surface area contributed by atoms with Gasteiger partial charge in [0.15, 0.2) is 5.78 Å². The Morgan fingerprint density at radius 3 is 2.45 bits per heavy atom. The van der Waals surface area contributed by atoms with Gasteiger partial charge in [0.2, 0.25) is 0 Å². The number of carbonyl (C=O) groups is 1. The Kier molecular flexibility index (Phi) is 9.54. The summed E-state index contributed by atoms with van der Waals surface area (Å²) in [6.07, 6.45) is 9.94. The number of methoxy groups -OCH3 is 2. The summed E-state index contributed by atoms with van der Waals surface area (Å²) < 4.78 is 56.8. The van der Waals surface area contributed by atoms with E-state index in [0.29, 0.717) is 61.2 Å². The third-order valence-corrected chi connectivity index (χ3v) is 18.3. The molecule has 3 saturated carbocycles. The van der Waals surface area contributed by atoms with Crippen LogP contribution < -0.4 is 9.47 Å². The standard InChI is InChI=1S/C43H49ClFNO7S2/c1-39-15-12-28(47)23-41(39)18-19-43(31(24-41)34(48)22-30-32(44)7-5-8-33(30)45)36(39)13-16-40(2)37(43)14-17-42(40,49)26-46(55(50,51)38-9-6-20-54-38)25-27-10-11-29(52-3)21-35(27)53-4/h5-11,18-21,24,28,36-37,47,49H,12-17,22-23,25-26H2,1-4H3/t28?,36-,37-,39-,40+,41+,42-,43-/m1/s1. The van der Waals surface area contributed by atoms with Crippen molar-refractivity contribution in [2.75, 3.05) is 20.8 Å². The lowest BCUT2D eigenvalue weighted by molar-refractivity contribution is -0.177. The zero-order valence-corrected chi connectivity index (χ0v) is 34.1. The van der Waals surface area contributed by atoms with Gasteiger partial charge in [0.1, 0.15) is 21.5 Å². The Hall–Kier alpha value is -3.06. The number of fused-ring (bicyclic) bond motifs is 1. The van der Waals surface area contributed by atoms with Gasteiger partial charge in [-0.2, -0.15) is 4.31 Å². The smallest absolute Gasteiger partial charge is 0.252 e. The summed E-state index contributed by atoms with van der Waals surface area (Å²) in [7, 11) is -0.986. The van der Waals surface area contributed by atoms with Crippen LogP contribution in [0, 0.1) is 39.3 Å². The highest BCUT2D eigenvalue weighted by atomic mass is 35.5. The first-order valence-electron chi connectivity index (χ1n) is 19.1. The number of hydrogen-bond acceptors (Lipinski definition) is 8. The van der Waals surface area contributed by atoms with Crippen molar-refractivity contribution in [3.63, 3.8) is 0 Å². The number of hydrogen-bond donors (Lipinski definition) is 2. The molecule has 8 atom stereocenters. The molecule has 2 N–H and O–H groups in total. The molecule has 0 aliphatic heterocycles. The monoisotopic (exact) mass is 809 g/mol. The van der Waals surface area contributed by atoms with Crippen molar-refractivity contribution in [3.05, 3.63) is 99.7 Å². The van der Waals surface area contributed by atoms with E-state index in [2.05, 4.69) is 32.1 Å². The lowest BCUT2D eigenvalue weighted by Crippen LogP contribution is -2.67. The Balaban J connectivity index is 1.22. The molecule has 9 rings (SSSR count). The SMILES string of the molecule is COc1ccc(CN(C[C@]2(O)CC[C@H]3[C@]45C=C[C@@]6(C=C4C(=O)Cc4c(F)cccc4Cl)CC(O)CC[C@]6(C)[C@H]5CC[C@@]32C)S(=O)(=O)c2cccs2)c(OC)c1. The fourth-order valence-corrected chi connectivity index (χ4v) is 14.7. The van der Waals surface area contributed by atoms with E-state index >= 15 is 4.39 Å². The van der Waals surface area contributed by atoms with E-state index in [1.807, 2.05) is 0 Å². The minimum Gasteiger partial charge on any atom is -0.497 e. The molecule has 0 radical (unpaired) electrons. The van der Waals surface area contributed by atoms with Gasteiger partial charge in [-0.1, -0.05) is 61.9 Å². The highest BCUT2D eigenvalue weighted by molar-refractivity contribution is 7.91. The molecule has 0 amide bonds. The fraction of sp³-hybridized carbons (Fsp3) is 0.512. The Labute approximate surface area is 332 Å². The highest BCUT2D eigenvalue weighted by Crippen LogP contribution is 2.78. The number of ether oxygens (including phenoxy) is 2. The van der Waals surface area contributed by atoms with Gasteiger partial charge in [-0.15, -0.1) is 11.3 Å². The van der Waals surface area contributed by atoms with Crippen LogP contribution in [0.2, 0.25) is 5.02 Å².